The molecular weight excluding hydrogens is 321 g/mol. The third-order valence-electron chi connectivity index (χ3n) is 3.18. The van der Waals surface area contributed by atoms with Crippen LogP contribution in [0.4, 0.5) is 10.1 Å². The zero-order valence-corrected chi connectivity index (χ0v) is 13.8. The van der Waals surface area contributed by atoms with Crippen molar-refractivity contribution < 1.29 is 18.7 Å². The van der Waals surface area contributed by atoms with Crippen molar-refractivity contribution in [2.45, 2.75) is 20.0 Å². The number of hydrogen-bond donors (Lipinski definition) is 1. The predicted octanol–water partition coefficient (Wildman–Crippen LogP) is 4.20. The third kappa shape index (κ3) is 4.36. The molecule has 0 aliphatic carbocycles. The number of carbonyl (C=O) groups is 1. The zero-order chi connectivity index (χ0) is 17.0. The molecule has 1 N–H and O–H groups in total. The van der Waals surface area contributed by atoms with Gasteiger partial charge in [-0.3, -0.25) is 4.79 Å². The largest absolute Gasteiger partial charge is 0.493 e. The van der Waals surface area contributed by atoms with E-state index in [9.17, 15) is 9.18 Å². The Hall–Kier alpha value is -2.27. The number of nitrogens with one attached hydrogen (secondary N) is 1. The Morgan fingerprint density at radius 3 is 2.61 bits per heavy atom. The molecule has 6 heteroatoms. The van der Waals surface area contributed by atoms with Gasteiger partial charge in [0.15, 0.2) is 17.6 Å². The summed E-state index contributed by atoms with van der Waals surface area (Å²) in [6, 6.07) is 9.16. The maximum Gasteiger partial charge on any atom is 0.265 e. The van der Waals surface area contributed by atoms with Crippen LogP contribution in [0.5, 0.6) is 11.5 Å². The highest BCUT2D eigenvalue weighted by atomic mass is 35.5. The van der Waals surface area contributed by atoms with Gasteiger partial charge in [-0.2, -0.15) is 0 Å². The highest BCUT2D eigenvalue weighted by Gasteiger charge is 2.18. The molecule has 0 aliphatic rings. The van der Waals surface area contributed by atoms with Gasteiger partial charge in [-0.05, 0) is 49.7 Å². The van der Waals surface area contributed by atoms with Crippen LogP contribution >= 0.6 is 11.6 Å². The maximum absolute atomic E-state index is 13.0. The quantitative estimate of drug-likeness (QED) is 0.889. The molecule has 4 nitrogen and oxygen atoms in total. The molecule has 0 aromatic heterocycles. The number of hydrogen-bond acceptors (Lipinski definition) is 3. The number of rotatable bonds is 5. The Balaban J connectivity index is 2.08. The van der Waals surface area contributed by atoms with Crippen LogP contribution in [0.25, 0.3) is 0 Å². The minimum absolute atomic E-state index is 0.124. The van der Waals surface area contributed by atoms with E-state index in [1.165, 1.54) is 19.2 Å². The normalized spacial score (nSPS) is 11.7. The van der Waals surface area contributed by atoms with Gasteiger partial charge in [0, 0.05) is 0 Å². The molecule has 122 valence electrons. The summed E-state index contributed by atoms with van der Waals surface area (Å²) >= 11 is 5.89. The molecule has 0 saturated heterocycles. The second-order valence-corrected chi connectivity index (χ2v) is 5.44. The van der Waals surface area contributed by atoms with Crippen molar-refractivity contribution in [1.82, 2.24) is 0 Å². The van der Waals surface area contributed by atoms with E-state index in [0.717, 1.165) is 11.6 Å². The molecule has 23 heavy (non-hydrogen) atoms. The molecular formula is C17H17ClFNO3. The topological polar surface area (TPSA) is 47.6 Å². The summed E-state index contributed by atoms with van der Waals surface area (Å²) in [7, 11) is 1.53. The lowest BCUT2D eigenvalue weighted by molar-refractivity contribution is -0.122. The lowest BCUT2D eigenvalue weighted by Gasteiger charge is -2.17. The van der Waals surface area contributed by atoms with Crippen LogP contribution in [0.3, 0.4) is 0 Å². The van der Waals surface area contributed by atoms with E-state index < -0.39 is 17.8 Å². The van der Waals surface area contributed by atoms with E-state index in [4.69, 9.17) is 21.1 Å². The first-order valence-corrected chi connectivity index (χ1v) is 7.35. The van der Waals surface area contributed by atoms with Gasteiger partial charge in [0.2, 0.25) is 0 Å². The Morgan fingerprint density at radius 2 is 1.96 bits per heavy atom. The highest BCUT2D eigenvalue weighted by molar-refractivity contribution is 6.33. The second-order valence-electron chi connectivity index (χ2n) is 5.03. The molecule has 0 aliphatic heterocycles. The van der Waals surface area contributed by atoms with Crippen LogP contribution in [-0.2, 0) is 4.79 Å². The number of benzene rings is 2. The minimum atomic E-state index is -0.785. The fourth-order valence-corrected chi connectivity index (χ4v) is 2.16. The van der Waals surface area contributed by atoms with Crippen LogP contribution in [0, 0.1) is 12.7 Å². The second kappa shape index (κ2) is 7.33. The van der Waals surface area contributed by atoms with E-state index in [1.54, 1.807) is 13.0 Å². The predicted molar refractivity (Wildman–Crippen MR) is 87.9 cm³/mol. The first kappa shape index (κ1) is 17.1. The summed E-state index contributed by atoms with van der Waals surface area (Å²) in [6.45, 7) is 3.53. The lowest BCUT2D eigenvalue weighted by Crippen LogP contribution is -2.30. The van der Waals surface area contributed by atoms with E-state index in [2.05, 4.69) is 5.32 Å². The summed E-state index contributed by atoms with van der Waals surface area (Å²) in [5, 5.41) is 2.73. The minimum Gasteiger partial charge on any atom is -0.493 e. The van der Waals surface area contributed by atoms with Gasteiger partial charge in [-0.25, -0.2) is 4.39 Å². The molecule has 0 unspecified atom stereocenters. The monoisotopic (exact) mass is 337 g/mol. The number of ether oxygens (including phenoxy) is 2. The molecule has 0 saturated carbocycles. The Morgan fingerprint density at radius 1 is 1.22 bits per heavy atom. The van der Waals surface area contributed by atoms with Crippen molar-refractivity contribution >= 4 is 23.2 Å². The number of halogens is 2. The van der Waals surface area contributed by atoms with Crippen molar-refractivity contribution in [3.8, 4) is 11.5 Å². The van der Waals surface area contributed by atoms with Gasteiger partial charge < -0.3 is 14.8 Å². The number of amides is 1. The molecule has 2 aromatic carbocycles. The Kier molecular flexibility index (Phi) is 5.45. The van der Waals surface area contributed by atoms with Gasteiger partial charge in [-0.15, -0.1) is 0 Å². The number of methoxy groups -OCH3 is 1. The van der Waals surface area contributed by atoms with Crippen molar-refractivity contribution in [2.24, 2.45) is 0 Å². The Labute approximate surface area is 139 Å². The van der Waals surface area contributed by atoms with E-state index in [-0.39, 0.29) is 5.02 Å². The summed E-state index contributed by atoms with van der Waals surface area (Å²) in [6.07, 6.45) is -0.785. The van der Waals surface area contributed by atoms with Crippen LogP contribution < -0.4 is 14.8 Å². The van der Waals surface area contributed by atoms with Crippen molar-refractivity contribution in [3.63, 3.8) is 0 Å². The van der Waals surface area contributed by atoms with Crippen molar-refractivity contribution in [3.05, 3.63) is 52.8 Å². The summed E-state index contributed by atoms with van der Waals surface area (Å²) in [5.41, 5.74) is 1.34. The smallest absolute Gasteiger partial charge is 0.265 e. The summed E-state index contributed by atoms with van der Waals surface area (Å²) in [5.74, 6) is 0.137. The maximum atomic E-state index is 13.0. The van der Waals surface area contributed by atoms with Crippen LogP contribution in [-0.4, -0.2) is 19.1 Å². The number of aryl methyl sites for hydroxylation is 1. The van der Waals surface area contributed by atoms with E-state index in [1.807, 2.05) is 19.1 Å². The zero-order valence-electron chi connectivity index (χ0n) is 13.0. The van der Waals surface area contributed by atoms with Gasteiger partial charge in [0.25, 0.3) is 5.91 Å². The number of carbonyl (C=O) groups excluding carboxylic acids is 1. The highest BCUT2D eigenvalue weighted by Crippen LogP contribution is 2.29. The SMILES string of the molecule is COc1cc(C)ccc1O[C@@H](C)C(=O)Nc1ccc(F)cc1Cl. The standard InChI is InChI=1S/C17H17ClFNO3/c1-10-4-7-15(16(8-10)22-3)23-11(2)17(21)20-14-6-5-12(19)9-13(14)18/h4-9,11H,1-3H3,(H,20,21)/t11-/m0/s1. The molecule has 0 spiro atoms. The fraction of sp³-hybridized carbons (Fsp3) is 0.235. The summed E-state index contributed by atoms with van der Waals surface area (Å²) < 4.78 is 23.9. The summed E-state index contributed by atoms with van der Waals surface area (Å²) in [4.78, 5) is 12.2. The van der Waals surface area contributed by atoms with E-state index in [0.29, 0.717) is 17.2 Å². The molecule has 0 heterocycles. The van der Waals surface area contributed by atoms with Crippen LogP contribution in [0.2, 0.25) is 5.02 Å². The van der Waals surface area contributed by atoms with Crippen molar-refractivity contribution in [2.75, 3.05) is 12.4 Å². The van der Waals surface area contributed by atoms with Crippen molar-refractivity contribution in [1.29, 1.82) is 0 Å². The molecule has 0 radical (unpaired) electrons. The molecule has 1 amide bonds. The lowest BCUT2D eigenvalue weighted by atomic mass is 10.2. The van der Waals surface area contributed by atoms with Gasteiger partial charge in [0.05, 0.1) is 17.8 Å². The molecule has 2 rings (SSSR count). The van der Waals surface area contributed by atoms with E-state index >= 15 is 0 Å². The molecule has 0 fully saturated rings. The fourth-order valence-electron chi connectivity index (χ4n) is 1.94. The third-order valence-corrected chi connectivity index (χ3v) is 3.49. The van der Waals surface area contributed by atoms with Gasteiger partial charge >= 0.3 is 0 Å². The molecule has 2 aromatic rings. The average Bonchev–Trinajstić information content (AvgIpc) is 2.51. The van der Waals surface area contributed by atoms with Crippen LogP contribution in [0.15, 0.2) is 36.4 Å². The van der Waals surface area contributed by atoms with Gasteiger partial charge in [0.1, 0.15) is 5.82 Å². The first-order valence-electron chi connectivity index (χ1n) is 6.98. The molecule has 1 atom stereocenters. The Bertz CT molecular complexity index is 721. The average molecular weight is 338 g/mol. The number of anilines is 1. The van der Waals surface area contributed by atoms with Gasteiger partial charge in [-0.1, -0.05) is 17.7 Å². The first-order chi connectivity index (χ1) is 10.9. The molecule has 0 bridgehead atoms. The van der Waals surface area contributed by atoms with Crippen LogP contribution in [0.1, 0.15) is 12.5 Å².